The van der Waals surface area contributed by atoms with E-state index in [2.05, 4.69) is 4.74 Å². The van der Waals surface area contributed by atoms with Gasteiger partial charge >= 0.3 is 0 Å². The monoisotopic (exact) mass is 153 g/mol. The zero-order valence-corrected chi connectivity index (χ0v) is 6.23. The van der Waals surface area contributed by atoms with Gasteiger partial charge in [0.05, 0.1) is 6.54 Å². The molecule has 0 saturated heterocycles. The van der Waals surface area contributed by atoms with Gasteiger partial charge in [-0.15, -0.1) is 0 Å². The van der Waals surface area contributed by atoms with Crippen molar-refractivity contribution in [3.63, 3.8) is 0 Å². The number of methoxy groups -OCH3 is 1. The summed E-state index contributed by atoms with van der Waals surface area (Å²) in [6, 6.07) is 0. The minimum Gasteiger partial charge on any atom is -0.375 e. The standard InChI is InChI=1S/C6H13F2NO/c1-3-5(10-2)6(7,8)4-9/h5H,3-4,9H2,1-2H3. The molecule has 0 aliphatic rings. The summed E-state index contributed by atoms with van der Waals surface area (Å²) in [6.07, 6.45) is -0.766. The fraction of sp³-hybridized carbons (Fsp3) is 1.00. The van der Waals surface area contributed by atoms with Crippen LogP contribution in [0.25, 0.3) is 0 Å². The predicted molar refractivity (Wildman–Crippen MR) is 35.1 cm³/mol. The zero-order chi connectivity index (χ0) is 8.20. The third-order valence-corrected chi connectivity index (χ3v) is 1.40. The van der Waals surface area contributed by atoms with Crippen molar-refractivity contribution in [2.45, 2.75) is 25.4 Å². The van der Waals surface area contributed by atoms with Crippen LogP contribution in [0.4, 0.5) is 8.78 Å². The minimum absolute atomic E-state index is 0.278. The fourth-order valence-corrected chi connectivity index (χ4v) is 0.769. The van der Waals surface area contributed by atoms with E-state index in [0.29, 0.717) is 0 Å². The lowest BCUT2D eigenvalue weighted by molar-refractivity contribution is -0.117. The number of nitrogens with two attached hydrogens (primary N) is 1. The Morgan fingerprint density at radius 2 is 2.10 bits per heavy atom. The van der Waals surface area contributed by atoms with E-state index in [9.17, 15) is 8.78 Å². The highest BCUT2D eigenvalue weighted by Crippen LogP contribution is 2.21. The first-order valence-electron chi connectivity index (χ1n) is 3.19. The first kappa shape index (κ1) is 9.78. The summed E-state index contributed by atoms with van der Waals surface area (Å²) in [7, 11) is 1.26. The van der Waals surface area contributed by atoms with Gasteiger partial charge < -0.3 is 10.5 Å². The van der Waals surface area contributed by atoms with Crippen molar-refractivity contribution < 1.29 is 13.5 Å². The smallest absolute Gasteiger partial charge is 0.285 e. The van der Waals surface area contributed by atoms with E-state index < -0.39 is 18.6 Å². The lowest BCUT2D eigenvalue weighted by Gasteiger charge is -2.22. The first-order chi connectivity index (χ1) is 4.58. The lowest BCUT2D eigenvalue weighted by atomic mass is 10.1. The van der Waals surface area contributed by atoms with Crippen LogP contribution in [0.1, 0.15) is 13.3 Å². The molecule has 0 aromatic rings. The van der Waals surface area contributed by atoms with E-state index in [1.807, 2.05) is 0 Å². The second-order valence-electron chi connectivity index (χ2n) is 2.10. The molecule has 1 unspecified atom stereocenters. The zero-order valence-electron chi connectivity index (χ0n) is 6.23. The Morgan fingerprint density at radius 3 is 2.20 bits per heavy atom. The molecule has 4 heteroatoms. The Morgan fingerprint density at radius 1 is 1.60 bits per heavy atom. The molecule has 0 fully saturated rings. The molecule has 0 bridgehead atoms. The minimum atomic E-state index is -2.89. The molecule has 10 heavy (non-hydrogen) atoms. The normalized spacial score (nSPS) is 15.3. The largest absolute Gasteiger partial charge is 0.375 e. The van der Waals surface area contributed by atoms with Crippen LogP contribution in [0, 0.1) is 0 Å². The van der Waals surface area contributed by atoms with E-state index in [4.69, 9.17) is 5.73 Å². The molecular weight excluding hydrogens is 140 g/mol. The number of hydrogen-bond donors (Lipinski definition) is 1. The molecule has 0 spiro atoms. The van der Waals surface area contributed by atoms with Crippen LogP contribution in [-0.2, 0) is 4.74 Å². The number of rotatable bonds is 4. The summed E-state index contributed by atoms with van der Waals surface area (Å²) in [4.78, 5) is 0. The molecule has 0 aliphatic carbocycles. The molecule has 0 aromatic heterocycles. The third kappa shape index (κ3) is 2.19. The highest BCUT2D eigenvalue weighted by atomic mass is 19.3. The number of alkyl halides is 2. The Labute approximate surface area is 59.3 Å². The molecule has 0 aromatic carbocycles. The van der Waals surface area contributed by atoms with Crippen molar-refractivity contribution in [1.82, 2.24) is 0 Å². The van der Waals surface area contributed by atoms with Gasteiger partial charge in [0.15, 0.2) is 0 Å². The average Bonchev–Trinajstić information content (AvgIpc) is 1.90. The van der Waals surface area contributed by atoms with E-state index in [1.54, 1.807) is 6.92 Å². The lowest BCUT2D eigenvalue weighted by Crippen LogP contribution is -2.41. The molecule has 0 heterocycles. The van der Waals surface area contributed by atoms with Gasteiger partial charge in [0.25, 0.3) is 5.92 Å². The molecule has 0 saturated carbocycles. The van der Waals surface area contributed by atoms with E-state index in [0.717, 1.165) is 0 Å². The fourth-order valence-electron chi connectivity index (χ4n) is 0.769. The van der Waals surface area contributed by atoms with Crippen molar-refractivity contribution in [3.8, 4) is 0 Å². The van der Waals surface area contributed by atoms with Gasteiger partial charge in [0, 0.05) is 7.11 Å². The topological polar surface area (TPSA) is 35.2 Å². The molecule has 1 atom stereocenters. The van der Waals surface area contributed by atoms with E-state index in [1.165, 1.54) is 7.11 Å². The molecule has 2 nitrogen and oxygen atoms in total. The van der Waals surface area contributed by atoms with Gasteiger partial charge in [0.1, 0.15) is 6.10 Å². The summed E-state index contributed by atoms with van der Waals surface area (Å²) in [5, 5.41) is 0. The van der Waals surface area contributed by atoms with Crippen LogP contribution < -0.4 is 5.73 Å². The maximum atomic E-state index is 12.6. The van der Waals surface area contributed by atoms with E-state index in [-0.39, 0.29) is 6.42 Å². The molecule has 0 rings (SSSR count). The van der Waals surface area contributed by atoms with Crippen molar-refractivity contribution >= 4 is 0 Å². The summed E-state index contributed by atoms with van der Waals surface area (Å²) in [5.74, 6) is -2.89. The highest BCUT2D eigenvalue weighted by molar-refractivity contribution is 4.76. The third-order valence-electron chi connectivity index (χ3n) is 1.40. The highest BCUT2D eigenvalue weighted by Gasteiger charge is 2.36. The van der Waals surface area contributed by atoms with Crippen molar-refractivity contribution in [2.75, 3.05) is 13.7 Å². The van der Waals surface area contributed by atoms with Crippen molar-refractivity contribution in [1.29, 1.82) is 0 Å². The summed E-state index contributed by atoms with van der Waals surface area (Å²) in [6.45, 7) is 0.983. The van der Waals surface area contributed by atoms with Crippen LogP contribution in [0.2, 0.25) is 0 Å². The van der Waals surface area contributed by atoms with E-state index >= 15 is 0 Å². The van der Waals surface area contributed by atoms with Crippen LogP contribution in [-0.4, -0.2) is 25.7 Å². The second-order valence-corrected chi connectivity index (χ2v) is 2.10. The maximum Gasteiger partial charge on any atom is 0.285 e. The quantitative estimate of drug-likeness (QED) is 0.654. The van der Waals surface area contributed by atoms with Gasteiger partial charge in [-0.1, -0.05) is 6.92 Å². The van der Waals surface area contributed by atoms with Crippen LogP contribution in [0.3, 0.4) is 0 Å². The van der Waals surface area contributed by atoms with Gasteiger partial charge in [-0.2, -0.15) is 0 Å². The molecule has 0 radical (unpaired) electrons. The summed E-state index contributed by atoms with van der Waals surface area (Å²) < 4.78 is 29.7. The van der Waals surface area contributed by atoms with Gasteiger partial charge in [-0.25, -0.2) is 8.78 Å². The molecule has 62 valence electrons. The Bertz CT molecular complexity index is 93.7. The van der Waals surface area contributed by atoms with Crippen molar-refractivity contribution in [2.24, 2.45) is 5.73 Å². The SMILES string of the molecule is CCC(OC)C(F)(F)CN. The Kier molecular flexibility index (Phi) is 3.75. The molecule has 0 amide bonds. The van der Waals surface area contributed by atoms with Crippen LogP contribution >= 0.6 is 0 Å². The van der Waals surface area contributed by atoms with Gasteiger partial charge in [0.2, 0.25) is 0 Å². The molecular formula is C6H13F2NO. The first-order valence-corrected chi connectivity index (χ1v) is 3.19. The number of ether oxygens (including phenoxy) is 1. The Hall–Kier alpha value is -0.220. The van der Waals surface area contributed by atoms with Gasteiger partial charge in [-0.05, 0) is 6.42 Å². The van der Waals surface area contributed by atoms with Gasteiger partial charge in [-0.3, -0.25) is 0 Å². The second kappa shape index (κ2) is 3.83. The molecule has 0 aliphatic heterocycles. The maximum absolute atomic E-state index is 12.6. The van der Waals surface area contributed by atoms with Crippen LogP contribution in [0.15, 0.2) is 0 Å². The summed E-state index contributed by atoms with van der Waals surface area (Å²) >= 11 is 0. The molecule has 2 N–H and O–H groups in total. The van der Waals surface area contributed by atoms with Crippen molar-refractivity contribution in [3.05, 3.63) is 0 Å². The number of halogens is 2. The Balaban J connectivity index is 3.97. The predicted octanol–water partition coefficient (Wildman–Crippen LogP) is 1.01. The van der Waals surface area contributed by atoms with Crippen LogP contribution in [0.5, 0.6) is 0 Å². The average molecular weight is 153 g/mol. The number of hydrogen-bond acceptors (Lipinski definition) is 2. The summed E-state index contributed by atoms with van der Waals surface area (Å²) in [5.41, 5.74) is 4.83.